The smallest absolute Gasteiger partial charge is 0.303 e. The van der Waals surface area contributed by atoms with Gasteiger partial charge in [-0.05, 0) is 25.0 Å². The number of carboxylic acids is 1. The molecule has 0 aliphatic heterocycles. The highest BCUT2D eigenvalue weighted by molar-refractivity contribution is 7.13. The fourth-order valence-corrected chi connectivity index (χ4v) is 3.03. The third kappa shape index (κ3) is 5.73. The van der Waals surface area contributed by atoms with Crippen LogP contribution in [0.3, 0.4) is 0 Å². The summed E-state index contributed by atoms with van der Waals surface area (Å²) in [5.41, 5.74) is 1.05. The summed E-state index contributed by atoms with van der Waals surface area (Å²) in [6.07, 6.45) is 2.44. The van der Waals surface area contributed by atoms with Gasteiger partial charge >= 0.3 is 5.97 Å². The lowest BCUT2D eigenvalue weighted by Gasteiger charge is -2.03. The number of thiazole rings is 1. The van der Waals surface area contributed by atoms with Crippen molar-refractivity contribution in [3.05, 3.63) is 41.2 Å². The van der Waals surface area contributed by atoms with Crippen molar-refractivity contribution in [1.82, 2.24) is 10.3 Å². The molecular formula is C17H19FN2O3S. The second kappa shape index (κ2) is 9.12. The molecular weight excluding hydrogens is 331 g/mol. The van der Waals surface area contributed by atoms with E-state index in [0.29, 0.717) is 29.2 Å². The van der Waals surface area contributed by atoms with E-state index in [1.165, 1.54) is 17.4 Å². The van der Waals surface area contributed by atoms with Gasteiger partial charge in [0.05, 0.1) is 12.1 Å². The minimum absolute atomic E-state index is 0.140. The summed E-state index contributed by atoms with van der Waals surface area (Å²) in [5.74, 6) is -1.27. The van der Waals surface area contributed by atoms with Gasteiger partial charge in [-0.1, -0.05) is 18.6 Å². The largest absolute Gasteiger partial charge is 0.481 e. The van der Waals surface area contributed by atoms with Crippen molar-refractivity contribution in [2.75, 3.05) is 6.54 Å². The number of aliphatic carboxylic acids is 1. The zero-order valence-corrected chi connectivity index (χ0v) is 13.9. The van der Waals surface area contributed by atoms with E-state index >= 15 is 0 Å². The lowest BCUT2D eigenvalue weighted by Crippen LogP contribution is -2.26. The summed E-state index contributed by atoms with van der Waals surface area (Å²) in [4.78, 5) is 26.5. The Labute approximate surface area is 143 Å². The minimum atomic E-state index is -0.798. The predicted molar refractivity (Wildman–Crippen MR) is 90.3 cm³/mol. The quantitative estimate of drug-likeness (QED) is 0.681. The summed E-state index contributed by atoms with van der Waals surface area (Å²) in [6.45, 7) is 0.517. The number of carbonyl (C=O) groups excluding carboxylic acids is 1. The fraction of sp³-hybridized carbons (Fsp3) is 0.353. The van der Waals surface area contributed by atoms with Crippen LogP contribution in [0.4, 0.5) is 4.39 Å². The van der Waals surface area contributed by atoms with Gasteiger partial charge in [0.15, 0.2) is 0 Å². The number of hydrogen-bond acceptors (Lipinski definition) is 4. The average molecular weight is 350 g/mol. The molecule has 128 valence electrons. The molecule has 1 heterocycles. The molecule has 0 radical (unpaired) electrons. The van der Waals surface area contributed by atoms with E-state index in [4.69, 9.17) is 5.11 Å². The van der Waals surface area contributed by atoms with E-state index in [1.807, 2.05) is 0 Å². The Morgan fingerprint density at radius 3 is 2.75 bits per heavy atom. The summed E-state index contributed by atoms with van der Waals surface area (Å²) < 4.78 is 13.7. The van der Waals surface area contributed by atoms with Gasteiger partial charge in [-0.2, -0.15) is 0 Å². The maximum atomic E-state index is 13.7. The van der Waals surface area contributed by atoms with Crippen LogP contribution in [-0.2, 0) is 16.0 Å². The predicted octanol–water partition coefficient (Wildman–Crippen LogP) is 3.25. The van der Waals surface area contributed by atoms with Crippen LogP contribution in [0.2, 0.25) is 0 Å². The topological polar surface area (TPSA) is 79.3 Å². The van der Waals surface area contributed by atoms with Gasteiger partial charge in [-0.3, -0.25) is 9.59 Å². The number of hydrogen-bond donors (Lipinski definition) is 2. The molecule has 1 aromatic heterocycles. The fourth-order valence-electron chi connectivity index (χ4n) is 2.18. The second-order valence-electron chi connectivity index (χ2n) is 5.35. The molecule has 7 heteroatoms. The van der Waals surface area contributed by atoms with Crippen LogP contribution in [0, 0.1) is 5.82 Å². The third-order valence-electron chi connectivity index (χ3n) is 3.39. The minimum Gasteiger partial charge on any atom is -0.481 e. The summed E-state index contributed by atoms with van der Waals surface area (Å²) in [5, 5.41) is 13.6. The van der Waals surface area contributed by atoms with Crippen LogP contribution >= 0.6 is 11.3 Å². The number of benzene rings is 1. The van der Waals surface area contributed by atoms with Gasteiger partial charge in [0.1, 0.15) is 10.8 Å². The highest BCUT2D eigenvalue weighted by atomic mass is 32.1. The first-order valence-electron chi connectivity index (χ1n) is 7.74. The SMILES string of the molecule is O=C(O)CCCCCNC(=O)Cc1csc(-c2ccccc2F)n1. The summed E-state index contributed by atoms with van der Waals surface area (Å²) >= 11 is 1.31. The molecule has 2 N–H and O–H groups in total. The monoisotopic (exact) mass is 350 g/mol. The van der Waals surface area contributed by atoms with Gasteiger partial charge < -0.3 is 10.4 Å². The molecule has 0 bridgehead atoms. The van der Waals surface area contributed by atoms with Gasteiger partial charge in [-0.15, -0.1) is 11.3 Å². The van der Waals surface area contributed by atoms with Crippen molar-refractivity contribution < 1.29 is 19.1 Å². The Morgan fingerprint density at radius 2 is 2.00 bits per heavy atom. The van der Waals surface area contributed by atoms with Crippen molar-refractivity contribution in [1.29, 1.82) is 0 Å². The first-order valence-corrected chi connectivity index (χ1v) is 8.62. The first kappa shape index (κ1) is 18.1. The average Bonchev–Trinajstić information content (AvgIpc) is 2.99. The molecule has 0 saturated heterocycles. The number of amides is 1. The Kier molecular flexibility index (Phi) is 6.87. The maximum absolute atomic E-state index is 13.7. The lowest BCUT2D eigenvalue weighted by molar-refractivity contribution is -0.137. The second-order valence-corrected chi connectivity index (χ2v) is 6.21. The number of carbonyl (C=O) groups is 2. The number of carboxylic acid groups (broad SMARTS) is 1. The van der Waals surface area contributed by atoms with Gasteiger partial charge in [0.25, 0.3) is 0 Å². The normalized spacial score (nSPS) is 10.5. The first-order chi connectivity index (χ1) is 11.6. The molecule has 2 aromatic rings. The molecule has 0 unspecified atom stereocenters. The molecule has 24 heavy (non-hydrogen) atoms. The van der Waals surface area contributed by atoms with E-state index in [1.54, 1.807) is 23.6 Å². The molecule has 0 saturated carbocycles. The van der Waals surface area contributed by atoms with E-state index in [-0.39, 0.29) is 24.6 Å². The van der Waals surface area contributed by atoms with E-state index in [0.717, 1.165) is 12.8 Å². The van der Waals surface area contributed by atoms with Crippen molar-refractivity contribution >= 4 is 23.2 Å². The van der Waals surface area contributed by atoms with Crippen LogP contribution in [0.1, 0.15) is 31.4 Å². The zero-order chi connectivity index (χ0) is 17.4. The highest BCUT2D eigenvalue weighted by Crippen LogP contribution is 2.26. The summed E-state index contributed by atoms with van der Waals surface area (Å²) in [7, 11) is 0. The number of nitrogens with zero attached hydrogens (tertiary/aromatic N) is 1. The Morgan fingerprint density at radius 1 is 1.21 bits per heavy atom. The van der Waals surface area contributed by atoms with Crippen LogP contribution < -0.4 is 5.32 Å². The number of rotatable bonds is 9. The zero-order valence-electron chi connectivity index (χ0n) is 13.1. The van der Waals surface area contributed by atoms with Crippen molar-refractivity contribution in [3.63, 3.8) is 0 Å². The third-order valence-corrected chi connectivity index (χ3v) is 4.31. The van der Waals surface area contributed by atoms with Crippen molar-refractivity contribution in [2.24, 2.45) is 0 Å². The Balaban J connectivity index is 1.75. The molecule has 0 atom stereocenters. The number of aromatic nitrogens is 1. The molecule has 5 nitrogen and oxygen atoms in total. The Hall–Kier alpha value is -2.28. The number of unbranched alkanes of at least 4 members (excludes halogenated alkanes) is 2. The van der Waals surface area contributed by atoms with E-state index in [2.05, 4.69) is 10.3 Å². The van der Waals surface area contributed by atoms with Crippen LogP contribution in [0.15, 0.2) is 29.6 Å². The van der Waals surface area contributed by atoms with Gasteiger partial charge in [0.2, 0.25) is 5.91 Å². The van der Waals surface area contributed by atoms with Gasteiger partial charge in [0, 0.05) is 23.9 Å². The maximum Gasteiger partial charge on any atom is 0.303 e. The standard InChI is InChI=1S/C17H19FN2O3S/c18-14-7-4-3-6-13(14)17-20-12(11-24-17)10-15(21)19-9-5-1-2-8-16(22)23/h3-4,6-7,11H,1-2,5,8-10H2,(H,19,21)(H,22,23). The van der Waals surface area contributed by atoms with Gasteiger partial charge in [-0.25, -0.2) is 9.37 Å². The molecule has 0 aliphatic rings. The van der Waals surface area contributed by atoms with Crippen molar-refractivity contribution in [3.8, 4) is 10.6 Å². The van der Waals surface area contributed by atoms with Crippen LogP contribution in [-0.4, -0.2) is 28.5 Å². The lowest BCUT2D eigenvalue weighted by atomic mass is 10.2. The van der Waals surface area contributed by atoms with E-state index < -0.39 is 5.97 Å². The van der Waals surface area contributed by atoms with Crippen molar-refractivity contribution in [2.45, 2.75) is 32.1 Å². The molecule has 0 spiro atoms. The Bertz CT molecular complexity index is 703. The summed E-state index contributed by atoms with van der Waals surface area (Å²) in [6, 6.07) is 6.41. The number of halogens is 1. The molecule has 1 amide bonds. The molecule has 0 fully saturated rings. The van der Waals surface area contributed by atoms with E-state index in [9.17, 15) is 14.0 Å². The highest BCUT2D eigenvalue weighted by Gasteiger charge is 2.11. The molecule has 0 aliphatic carbocycles. The van der Waals surface area contributed by atoms with Crippen LogP contribution in [0.5, 0.6) is 0 Å². The van der Waals surface area contributed by atoms with Crippen LogP contribution in [0.25, 0.3) is 10.6 Å². The number of nitrogens with one attached hydrogen (secondary N) is 1. The molecule has 1 aromatic carbocycles. The molecule has 2 rings (SSSR count).